The minimum atomic E-state index is -0.299. The molecule has 0 fully saturated rings. The molecule has 6 nitrogen and oxygen atoms in total. The van der Waals surface area contributed by atoms with E-state index >= 15 is 0 Å². The monoisotopic (exact) mass is 440 g/mol. The summed E-state index contributed by atoms with van der Waals surface area (Å²) in [4.78, 5) is 17.8. The molecule has 152 valence electrons. The highest BCUT2D eigenvalue weighted by Gasteiger charge is 2.20. The Morgan fingerprint density at radius 1 is 1.07 bits per heavy atom. The topological polar surface area (TPSA) is 69.0 Å². The van der Waals surface area contributed by atoms with Crippen LogP contribution in [0.25, 0.3) is 16.7 Å². The lowest BCUT2D eigenvalue weighted by molar-refractivity contribution is 0.102. The van der Waals surface area contributed by atoms with Crippen LogP contribution in [0.5, 0.6) is 5.75 Å². The van der Waals surface area contributed by atoms with Gasteiger partial charge in [-0.15, -0.1) is 0 Å². The van der Waals surface area contributed by atoms with Gasteiger partial charge in [-0.2, -0.15) is 5.10 Å². The lowest BCUT2D eigenvalue weighted by atomic mass is 10.1. The Morgan fingerprint density at radius 2 is 1.80 bits per heavy atom. The van der Waals surface area contributed by atoms with Crippen molar-refractivity contribution in [1.82, 2.24) is 14.8 Å². The molecule has 4 rings (SSSR count). The first-order valence-corrected chi connectivity index (χ1v) is 9.91. The van der Waals surface area contributed by atoms with Gasteiger partial charge in [0.15, 0.2) is 5.65 Å². The third-order valence-corrected chi connectivity index (χ3v) is 5.23. The molecule has 0 saturated heterocycles. The molecule has 2 aromatic heterocycles. The van der Waals surface area contributed by atoms with Crippen molar-refractivity contribution in [1.29, 1.82) is 0 Å². The van der Waals surface area contributed by atoms with Gasteiger partial charge in [-0.3, -0.25) is 4.79 Å². The minimum Gasteiger partial charge on any atom is -0.497 e. The van der Waals surface area contributed by atoms with E-state index in [0.717, 1.165) is 11.4 Å². The van der Waals surface area contributed by atoms with Crippen LogP contribution in [0, 0.1) is 13.8 Å². The van der Waals surface area contributed by atoms with Crippen LogP contribution in [-0.4, -0.2) is 27.8 Å². The number of pyridine rings is 1. The molecule has 0 atom stereocenters. The van der Waals surface area contributed by atoms with Crippen LogP contribution >= 0.6 is 23.2 Å². The van der Waals surface area contributed by atoms with E-state index in [1.807, 2.05) is 38.1 Å². The summed E-state index contributed by atoms with van der Waals surface area (Å²) in [7, 11) is 1.62. The number of hydrogen-bond acceptors (Lipinski definition) is 4. The smallest absolute Gasteiger partial charge is 0.256 e. The Morgan fingerprint density at radius 3 is 2.47 bits per heavy atom. The largest absolute Gasteiger partial charge is 0.497 e. The van der Waals surface area contributed by atoms with Gasteiger partial charge in [-0.25, -0.2) is 9.67 Å². The average Bonchev–Trinajstić information content (AvgIpc) is 3.05. The Bertz CT molecular complexity index is 1270. The molecule has 2 aromatic carbocycles. The van der Waals surface area contributed by atoms with Crippen molar-refractivity contribution in [3.8, 4) is 11.4 Å². The maximum Gasteiger partial charge on any atom is 0.256 e. The van der Waals surface area contributed by atoms with Crippen molar-refractivity contribution >= 4 is 45.8 Å². The van der Waals surface area contributed by atoms with Gasteiger partial charge in [0.1, 0.15) is 5.75 Å². The Hall–Kier alpha value is -3.09. The molecule has 2 heterocycles. The normalized spacial score (nSPS) is 11.0. The van der Waals surface area contributed by atoms with E-state index in [4.69, 9.17) is 27.9 Å². The number of aromatic nitrogens is 3. The second kappa shape index (κ2) is 7.97. The van der Waals surface area contributed by atoms with E-state index in [2.05, 4.69) is 15.4 Å². The quantitative estimate of drug-likeness (QED) is 0.447. The van der Waals surface area contributed by atoms with Crippen LogP contribution in [0.1, 0.15) is 21.7 Å². The van der Waals surface area contributed by atoms with E-state index < -0.39 is 0 Å². The van der Waals surface area contributed by atoms with E-state index in [9.17, 15) is 4.79 Å². The number of hydrogen-bond donors (Lipinski definition) is 1. The third kappa shape index (κ3) is 3.72. The van der Waals surface area contributed by atoms with Gasteiger partial charge in [0.25, 0.3) is 5.91 Å². The summed E-state index contributed by atoms with van der Waals surface area (Å²) in [6.45, 7) is 3.69. The molecule has 0 spiro atoms. The fourth-order valence-electron chi connectivity index (χ4n) is 3.28. The number of rotatable bonds is 4. The second-order valence-electron chi connectivity index (χ2n) is 6.78. The van der Waals surface area contributed by atoms with Gasteiger partial charge in [-0.05, 0) is 62.4 Å². The molecule has 0 aliphatic carbocycles. The number of carbonyl (C=O) groups is 1. The molecule has 1 N–H and O–H groups in total. The van der Waals surface area contributed by atoms with Crippen LogP contribution in [0.2, 0.25) is 10.0 Å². The number of fused-ring (bicyclic) bond motifs is 1. The standard InChI is InChI=1S/C22H18Cl2N4O2/c1-12-10-17(22(29)26-19-9-4-14(23)11-18(19)24)20-13(2)27-28(21(20)25-12)15-5-7-16(30-3)8-6-15/h4-11H,1-3H3,(H,26,29). The fourth-order valence-corrected chi connectivity index (χ4v) is 3.73. The molecule has 4 aromatic rings. The van der Waals surface area contributed by atoms with E-state index in [0.29, 0.717) is 43.7 Å². The van der Waals surface area contributed by atoms with Crippen molar-refractivity contribution in [2.75, 3.05) is 12.4 Å². The first-order valence-electron chi connectivity index (χ1n) is 9.15. The molecule has 0 radical (unpaired) electrons. The second-order valence-corrected chi connectivity index (χ2v) is 7.63. The number of methoxy groups -OCH3 is 1. The Kier molecular flexibility index (Phi) is 5.37. The van der Waals surface area contributed by atoms with E-state index in [-0.39, 0.29) is 5.91 Å². The van der Waals surface area contributed by atoms with Crippen molar-refractivity contribution in [3.63, 3.8) is 0 Å². The number of nitrogens with zero attached hydrogens (tertiary/aromatic N) is 3. The zero-order chi connectivity index (χ0) is 21.4. The van der Waals surface area contributed by atoms with Crippen molar-refractivity contribution < 1.29 is 9.53 Å². The first-order chi connectivity index (χ1) is 14.4. The van der Waals surface area contributed by atoms with Gasteiger partial charge >= 0.3 is 0 Å². The van der Waals surface area contributed by atoms with Crippen LogP contribution in [0.3, 0.4) is 0 Å². The lowest BCUT2D eigenvalue weighted by Gasteiger charge is -2.10. The molecular weight excluding hydrogens is 423 g/mol. The molecule has 30 heavy (non-hydrogen) atoms. The predicted molar refractivity (Wildman–Crippen MR) is 119 cm³/mol. The molecule has 0 bridgehead atoms. The Balaban J connectivity index is 1.80. The molecule has 0 saturated carbocycles. The number of halogens is 2. The van der Waals surface area contributed by atoms with Crippen molar-refractivity contribution in [2.24, 2.45) is 0 Å². The number of nitrogens with one attached hydrogen (secondary N) is 1. The number of benzene rings is 2. The highest BCUT2D eigenvalue weighted by molar-refractivity contribution is 6.37. The maximum atomic E-state index is 13.1. The number of carbonyl (C=O) groups excluding carboxylic acids is 1. The summed E-state index contributed by atoms with van der Waals surface area (Å²) < 4.78 is 6.95. The van der Waals surface area contributed by atoms with Gasteiger partial charge in [0, 0.05) is 10.7 Å². The summed E-state index contributed by atoms with van der Waals surface area (Å²) in [6.07, 6.45) is 0. The molecule has 0 aliphatic heterocycles. The van der Waals surface area contributed by atoms with Crippen LogP contribution in [0.4, 0.5) is 5.69 Å². The van der Waals surface area contributed by atoms with Crippen LogP contribution in [-0.2, 0) is 0 Å². The van der Waals surface area contributed by atoms with Crippen LogP contribution < -0.4 is 10.1 Å². The van der Waals surface area contributed by atoms with Gasteiger partial charge in [0.05, 0.1) is 40.2 Å². The van der Waals surface area contributed by atoms with Crippen LogP contribution in [0.15, 0.2) is 48.5 Å². The van der Waals surface area contributed by atoms with Gasteiger partial charge in [0.2, 0.25) is 0 Å². The molecular formula is C22H18Cl2N4O2. The van der Waals surface area contributed by atoms with Crippen molar-refractivity contribution in [3.05, 3.63) is 75.5 Å². The minimum absolute atomic E-state index is 0.299. The third-order valence-electron chi connectivity index (χ3n) is 4.68. The first kappa shape index (κ1) is 20.2. The summed E-state index contributed by atoms with van der Waals surface area (Å²) in [5.41, 5.74) is 3.77. The van der Waals surface area contributed by atoms with Gasteiger partial charge < -0.3 is 10.1 Å². The van der Waals surface area contributed by atoms with Gasteiger partial charge in [-0.1, -0.05) is 23.2 Å². The Labute approximate surface area is 183 Å². The van der Waals surface area contributed by atoms with E-state index in [1.165, 1.54) is 0 Å². The number of amides is 1. The summed E-state index contributed by atoms with van der Waals surface area (Å²) in [5.74, 6) is 0.447. The zero-order valence-electron chi connectivity index (χ0n) is 16.5. The lowest BCUT2D eigenvalue weighted by Crippen LogP contribution is -2.13. The zero-order valence-corrected chi connectivity index (χ0v) is 18.0. The molecule has 8 heteroatoms. The summed E-state index contributed by atoms with van der Waals surface area (Å²) >= 11 is 12.2. The van der Waals surface area contributed by atoms with Crippen molar-refractivity contribution in [2.45, 2.75) is 13.8 Å². The maximum absolute atomic E-state index is 13.1. The molecule has 1 amide bonds. The number of anilines is 1. The molecule has 0 unspecified atom stereocenters. The number of aryl methyl sites for hydroxylation is 2. The summed E-state index contributed by atoms with van der Waals surface area (Å²) in [5, 5.41) is 9.02. The molecule has 0 aliphatic rings. The summed E-state index contributed by atoms with van der Waals surface area (Å²) in [6, 6.07) is 14.1. The predicted octanol–water partition coefficient (Wildman–Crippen LogP) is 5.61. The number of ether oxygens (including phenoxy) is 1. The SMILES string of the molecule is COc1ccc(-n2nc(C)c3c(C(=O)Nc4ccc(Cl)cc4Cl)cc(C)nc32)cc1. The highest BCUT2D eigenvalue weighted by Crippen LogP contribution is 2.29. The van der Waals surface area contributed by atoms with E-state index in [1.54, 1.807) is 36.1 Å². The highest BCUT2D eigenvalue weighted by atomic mass is 35.5. The average molecular weight is 441 g/mol. The fraction of sp³-hybridized carbons (Fsp3) is 0.136.